The van der Waals surface area contributed by atoms with Crippen molar-refractivity contribution in [1.82, 2.24) is 0 Å². The summed E-state index contributed by atoms with van der Waals surface area (Å²) in [6.07, 6.45) is 4.04. The van der Waals surface area contributed by atoms with Crippen LogP contribution in [0.5, 0.6) is 5.75 Å². The summed E-state index contributed by atoms with van der Waals surface area (Å²) in [6.45, 7) is 3.82. The van der Waals surface area contributed by atoms with Crippen molar-refractivity contribution in [1.29, 1.82) is 5.26 Å². The van der Waals surface area contributed by atoms with Gasteiger partial charge in [-0.3, -0.25) is 4.79 Å². The molecule has 5 nitrogen and oxygen atoms in total. The molecule has 0 radical (unpaired) electrons. The molecule has 5 heteroatoms. The molecule has 0 aliphatic heterocycles. The molecule has 0 saturated carbocycles. The fourth-order valence-corrected chi connectivity index (χ4v) is 4.13. The SMILES string of the molecule is COc1cc2c(cc1C(=O)O)CC[C@@H]1C[C@H]2C=C(C#N)C(=O)C1(C)C. The standard InChI is InChI=1S/C20H21NO4/c1-20(2)14-5-4-11-8-16(19(23)24)17(25-3)9-15(11)12(7-14)6-13(10-21)18(20)22/h6,8-9,12,14H,4-5,7H2,1-3H3,(H,23,24)/t12-,14-/m1/s1. The summed E-state index contributed by atoms with van der Waals surface area (Å²) in [7, 11) is 1.45. The number of fused-ring (bicyclic) bond motifs is 4. The number of benzene rings is 1. The molecule has 130 valence electrons. The first-order chi connectivity index (χ1) is 11.8. The number of carbonyl (C=O) groups is 2. The van der Waals surface area contributed by atoms with E-state index in [2.05, 4.69) is 6.07 Å². The highest BCUT2D eigenvalue weighted by atomic mass is 16.5. The second kappa shape index (κ2) is 6.03. The number of nitriles is 1. The first-order valence-corrected chi connectivity index (χ1v) is 8.40. The Labute approximate surface area is 146 Å². The van der Waals surface area contributed by atoms with Gasteiger partial charge in [0.25, 0.3) is 0 Å². The Bertz CT molecular complexity index is 829. The van der Waals surface area contributed by atoms with Crippen LogP contribution in [0, 0.1) is 22.7 Å². The number of hydrogen-bond acceptors (Lipinski definition) is 4. The van der Waals surface area contributed by atoms with Crippen molar-refractivity contribution in [3.05, 3.63) is 40.5 Å². The van der Waals surface area contributed by atoms with Crippen molar-refractivity contribution in [2.45, 2.75) is 39.0 Å². The number of carbonyl (C=O) groups excluding carboxylic acids is 1. The minimum atomic E-state index is -1.02. The monoisotopic (exact) mass is 339 g/mol. The van der Waals surface area contributed by atoms with Gasteiger partial charge < -0.3 is 9.84 Å². The van der Waals surface area contributed by atoms with E-state index in [1.54, 1.807) is 18.2 Å². The van der Waals surface area contributed by atoms with E-state index < -0.39 is 11.4 Å². The second-order valence-corrected chi connectivity index (χ2v) is 7.38. The molecule has 0 heterocycles. The molecule has 1 aromatic carbocycles. The topological polar surface area (TPSA) is 87.4 Å². The summed E-state index contributed by atoms with van der Waals surface area (Å²) in [5, 5.41) is 18.9. The van der Waals surface area contributed by atoms with Crippen LogP contribution in [0.3, 0.4) is 0 Å². The van der Waals surface area contributed by atoms with Crippen LogP contribution in [-0.4, -0.2) is 24.0 Å². The molecule has 2 aliphatic rings. The summed E-state index contributed by atoms with van der Waals surface area (Å²) < 4.78 is 5.26. The van der Waals surface area contributed by atoms with E-state index in [-0.39, 0.29) is 28.8 Å². The van der Waals surface area contributed by atoms with Gasteiger partial charge in [0.2, 0.25) is 0 Å². The van der Waals surface area contributed by atoms with Crippen LogP contribution in [0.4, 0.5) is 0 Å². The molecule has 0 saturated heterocycles. The number of aryl methyl sites for hydroxylation is 1. The van der Waals surface area contributed by atoms with Crippen LogP contribution in [0.2, 0.25) is 0 Å². The van der Waals surface area contributed by atoms with Gasteiger partial charge in [-0.2, -0.15) is 5.26 Å². The van der Waals surface area contributed by atoms with Gasteiger partial charge in [0.05, 0.1) is 12.7 Å². The molecule has 2 bridgehead atoms. The summed E-state index contributed by atoms with van der Waals surface area (Å²) in [4.78, 5) is 24.2. The molecule has 25 heavy (non-hydrogen) atoms. The average Bonchev–Trinajstić information content (AvgIpc) is 2.81. The van der Waals surface area contributed by atoms with E-state index in [0.717, 1.165) is 24.0 Å². The Morgan fingerprint density at radius 1 is 1.40 bits per heavy atom. The maximum Gasteiger partial charge on any atom is 0.339 e. The van der Waals surface area contributed by atoms with Gasteiger partial charge in [0, 0.05) is 11.3 Å². The zero-order valence-electron chi connectivity index (χ0n) is 14.6. The average molecular weight is 339 g/mol. The lowest BCUT2D eigenvalue weighted by Crippen LogP contribution is -2.33. The van der Waals surface area contributed by atoms with Crippen molar-refractivity contribution in [2.24, 2.45) is 11.3 Å². The third kappa shape index (κ3) is 2.72. The molecule has 1 aromatic rings. The maximum absolute atomic E-state index is 12.7. The molecular weight excluding hydrogens is 318 g/mol. The van der Waals surface area contributed by atoms with Gasteiger partial charge in [-0.15, -0.1) is 0 Å². The van der Waals surface area contributed by atoms with Gasteiger partial charge in [0.1, 0.15) is 17.4 Å². The molecule has 0 fully saturated rings. The van der Waals surface area contributed by atoms with Gasteiger partial charge in [-0.25, -0.2) is 4.79 Å². The highest BCUT2D eigenvalue weighted by Gasteiger charge is 2.43. The van der Waals surface area contributed by atoms with Crippen molar-refractivity contribution in [3.63, 3.8) is 0 Å². The van der Waals surface area contributed by atoms with E-state index in [9.17, 15) is 20.0 Å². The normalized spacial score (nSPS) is 24.2. The van der Waals surface area contributed by atoms with E-state index in [4.69, 9.17) is 4.74 Å². The number of allylic oxidation sites excluding steroid dienone is 2. The number of methoxy groups -OCH3 is 1. The van der Waals surface area contributed by atoms with Crippen LogP contribution in [-0.2, 0) is 11.2 Å². The van der Waals surface area contributed by atoms with Gasteiger partial charge in [-0.1, -0.05) is 19.9 Å². The number of rotatable bonds is 2. The minimum absolute atomic E-state index is 0.0837. The van der Waals surface area contributed by atoms with Crippen molar-refractivity contribution in [2.75, 3.05) is 7.11 Å². The van der Waals surface area contributed by atoms with Gasteiger partial charge in [0.15, 0.2) is 5.78 Å². The molecule has 0 unspecified atom stereocenters. The predicted octanol–water partition coefficient (Wildman–Crippen LogP) is 3.49. The highest BCUT2D eigenvalue weighted by Crippen LogP contribution is 2.47. The number of carboxylic acids is 1. The fraction of sp³-hybridized carbons (Fsp3) is 0.450. The quantitative estimate of drug-likeness (QED) is 0.891. The number of hydrogen-bond donors (Lipinski definition) is 1. The van der Waals surface area contributed by atoms with Crippen LogP contribution >= 0.6 is 0 Å². The van der Waals surface area contributed by atoms with E-state index >= 15 is 0 Å². The zero-order valence-corrected chi connectivity index (χ0v) is 14.6. The van der Waals surface area contributed by atoms with E-state index in [1.807, 2.05) is 13.8 Å². The van der Waals surface area contributed by atoms with Gasteiger partial charge in [-0.05, 0) is 48.4 Å². The molecule has 2 aliphatic carbocycles. The molecule has 2 atom stereocenters. The Kier molecular flexibility index (Phi) is 4.16. The molecule has 1 N–H and O–H groups in total. The third-order valence-corrected chi connectivity index (χ3v) is 5.73. The molecule has 0 amide bonds. The van der Waals surface area contributed by atoms with Crippen LogP contribution in [0.1, 0.15) is 54.1 Å². The van der Waals surface area contributed by atoms with Crippen LogP contribution in [0.25, 0.3) is 0 Å². The maximum atomic E-state index is 12.7. The first-order valence-electron chi connectivity index (χ1n) is 8.40. The number of aromatic carboxylic acids is 1. The van der Waals surface area contributed by atoms with E-state index in [1.165, 1.54) is 7.11 Å². The van der Waals surface area contributed by atoms with Crippen molar-refractivity contribution >= 4 is 11.8 Å². The van der Waals surface area contributed by atoms with Crippen molar-refractivity contribution < 1.29 is 19.4 Å². The Morgan fingerprint density at radius 2 is 2.12 bits per heavy atom. The smallest absolute Gasteiger partial charge is 0.339 e. The minimum Gasteiger partial charge on any atom is -0.496 e. The number of carboxylic acid groups (broad SMARTS) is 1. The highest BCUT2D eigenvalue weighted by molar-refractivity contribution is 6.03. The second-order valence-electron chi connectivity index (χ2n) is 7.38. The summed E-state index contributed by atoms with van der Waals surface area (Å²) in [6, 6.07) is 5.50. The summed E-state index contributed by atoms with van der Waals surface area (Å²) in [5.41, 5.74) is 1.67. The molecular formula is C20H21NO4. The molecule has 0 spiro atoms. The molecule has 3 rings (SSSR count). The fourth-order valence-electron chi connectivity index (χ4n) is 4.13. The van der Waals surface area contributed by atoms with Gasteiger partial charge >= 0.3 is 5.97 Å². The summed E-state index contributed by atoms with van der Waals surface area (Å²) >= 11 is 0. The lowest BCUT2D eigenvalue weighted by atomic mass is 9.71. The Balaban J connectivity index is 2.20. The lowest BCUT2D eigenvalue weighted by Gasteiger charge is -2.31. The van der Waals surface area contributed by atoms with Crippen molar-refractivity contribution in [3.8, 4) is 11.8 Å². The first kappa shape index (κ1) is 17.2. The largest absolute Gasteiger partial charge is 0.496 e. The predicted molar refractivity (Wildman–Crippen MR) is 91.6 cm³/mol. The van der Waals surface area contributed by atoms with Crippen LogP contribution in [0.15, 0.2) is 23.8 Å². The number of ketones is 1. The Morgan fingerprint density at radius 3 is 2.72 bits per heavy atom. The Hall–Kier alpha value is -2.61. The van der Waals surface area contributed by atoms with Crippen LogP contribution < -0.4 is 4.74 Å². The summed E-state index contributed by atoms with van der Waals surface area (Å²) in [5.74, 6) is -0.752. The van der Waals surface area contributed by atoms with E-state index in [0.29, 0.717) is 12.2 Å². The molecule has 0 aromatic heterocycles. The third-order valence-electron chi connectivity index (χ3n) is 5.73. The zero-order chi connectivity index (χ0) is 18.4. The number of Topliss-reactive ketones (excluding diaryl/α,β-unsaturated/α-hetero) is 1. The lowest BCUT2D eigenvalue weighted by molar-refractivity contribution is -0.125. The number of ether oxygens (including phenoxy) is 1. The number of nitrogens with zero attached hydrogens (tertiary/aromatic N) is 1.